The van der Waals surface area contributed by atoms with Crippen molar-refractivity contribution >= 4 is 21.9 Å². The zero-order valence-electron chi connectivity index (χ0n) is 10.6. The minimum atomic E-state index is 0.465. The van der Waals surface area contributed by atoms with Gasteiger partial charge in [-0.2, -0.15) is 4.73 Å². The Bertz CT molecular complexity index is 811. The molecule has 0 unspecified atom stereocenters. The fourth-order valence-corrected chi connectivity index (χ4v) is 2.47. The molecular weight excluding hydrogens is 238 g/mol. The van der Waals surface area contributed by atoms with Crippen molar-refractivity contribution in [3.8, 4) is 12.3 Å². The number of para-hydroxylation sites is 1. The molecule has 0 aliphatic rings. The third-order valence-electron chi connectivity index (χ3n) is 3.28. The van der Waals surface area contributed by atoms with Crippen molar-refractivity contribution < 1.29 is 4.73 Å². The molecule has 0 bridgehead atoms. The van der Waals surface area contributed by atoms with Crippen LogP contribution in [0.1, 0.15) is 12.7 Å². The lowest BCUT2D eigenvalue weighted by molar-refractivity contribution is -0.575. The van der Waals surface area contributed by atoms with Crippen molar-refractivity contribution in [1.29, 1.82) is 0 Å². The lowest BCUT2D eigenvalue weighted by atomic mass is 10.2. The second-order valence-electron chi connectivity index (χ2n) is 4.38. The van der Waals surface area contributed by atoms with Gasteiger partial charge in [-0.15, -0.1) is 6.42 Å². The molecule has 4 heteroatoms. The van der Waals surface area contributed by atoms with E-state index in [4.69, 9.17) is 6.42 Å². The van der Waals surface area contributed by atoms with Crippen LogP contribution in [-0.2, 0) is 13.0 Å². The van der Waals surface area contributed by atoms with Gasteiger partial charge in [0.25, 0.3) is 0 Å². The molecule has 1 aromatic carbocycles. The number of nitrogens with zero attached hydrogens (tertiary/aromatic N) is 3. The molecule has 0 radical (unpaired) electrons. The van der Waals surface area contributed by atoms with Crippen LogP contribution in [0.5, 0.6) is 0 Å². The second kappa shape index (κ2) is 4.29. The number of hydrogen-bond acceptors (Lipinski definition) is 2. The Balaban J connectivity index is 2.52. The molecule has 4 nitrogen and oxygen atoms in total. The van der Waals surface area contributed by atoms with Gasteiger partial charge < -0.3 is 9.77 Å². The number of hydrogen-bond donors (Lipinski definition) is 0. The first-order valence-corrected chi connectivity index (χ1v) is 6.19. The molecule has 0 fully saturated rings. The Kier molecular flexibility index (Phi) is 2.60. The van der Waals surface area contributed by atoms with E-state index in [-0.39, 0.29) is 0 Å². The fraction of sp³-hybridized carbons (Fsp3) is 0.200. The van der Waals surface area contributed by atoms with Crippen LogP contribution in [-0.4, -0.2) is 9.55 Å². The molecule has 0 amide bonds. The van der Waals surface area contributed by atoms with E-state index in [9.17, 15) is 5.21 Å². The minimum Gasteiger partial charge on any atom is -0.618 e. The third kappa shape index (κ3) is 1.63. The summed E-state index contributed by atoms with van der Waals surface area (Å²) in [6.07, 6.45) is 7.74. The maximum atomic E-state index is 12.0. The summed E-state index contributed by atoms with van der Waals surface area (Å²) in [4.78, 5) is 4.51. The van der Waals surface area contributed by atoms with E-state index in [0.29, 0.717) is 17.6 Å². The van der Waals surface area contributed by atoms with Gasteiger partial charge in [-0.05, 0) is 6.07 Å². The maximum Gasteiger partial charge on any atom is 0.226 e. The van der Waals surface area contributed by atoms with E-state index in [1.165, 1.54) is 6.20 Å². The molecule has 0 spiro atoms. The number of terminal acetylenes is 1. The highest BCUT2D eigenvalue weighted by Crippen LogP contribution is 2.23. The van der Waals surface area contributed by atoms with Crippen molar-refractivity contribution in [1.82, 2.24) is 9.55 Å². The standard InChI is InChI=1S/C15H13N3O/c1-3-9-17-14(4-2)16-12-10-18(19)13-8-6-5-7-11(13)15(12)17/h1,5-8,10H,4,9H2,2H3. The van der Waals surface area contributed by atoms with Crippen LogP contribution in [0.25, 0.3) is 21.9 Å². The highest BCUT2D eigenvalue weighted by atomic mass is 16.5. The average molecular weight is 251 g/mol. The number of rotatable bonds is 2. The third-order valence-corrected chi connectivity index (χ3v) is 3.28. The van der Waals surface area contributed by atoms with E-state index >= 15 is 0 Å². The van der Waals surface area contributed by atoms with E-state index < -0.39 is 0 Å². The smallest absolute Gasteiger partial charge is 0.226 e. The van der Waals surface area contributed by atoms with E-state index in [0.717, 1.165) is 27.9 Å². The van der Waals surface area contributed by atoms with Gasteiger partial charge in [0.15, 0.2) is 5.52 Å². The largest absolute Gasteiger partial charge is 0.618 e. The van der Waals surface area contributed by atoms with Crippen LogP contribution in [0.4, 0.5) is 0 Å². The minimum absolute atomic E-state index is 0.465. The number of benzene rings is 1. The first kappa shape index (κ1) is 11.5. The summed E-state index contributed by atoms with van der Waals surface area (Å²) in [6.45, 7) is 2.49. The Labute approximate surface area is 110 Å². The quantitative estimate of drug-likeness (QED) is 0.397. The van der Waals surface area contributed by atoms with Crippen molar-refractivity contribution in [3.05, 3.63) is 41.5 Å². The van der Waals surface area contributed by atoms with Crippen LogP contribution in [0.3, 0.4) is 0 Å². The number of imidazole rings is 1. The fourth-order valence-electron chi connectivity index (χ4n) is 2.47. The number of aryl methyl sites for hydroxylation is 1. The second-order valence-corrected chi connectivity index (χ2v) is 4.38. The van der Waals surface area contributed by atoms with Crippen molar-refractivity contribution in [2.24, 2.45) is 0 Å². The van der Waals surface area contributed by atoms with Gasteiger partial charge in [-0.1, -0.05) is 25.0 Å². The summed E-state index contributed by atoms with van der Waals surface area (Å²) in [7, 11) is 0. The molecule has 0 aliphatic carbocycles. The summed E-state index contributed by atoms with van der Waals surface area (Å²) >= 11 is 0. The number of aromatic nitrogens is 3. The first-order valence-electron chi connectivity index (χ1n) is 6.19. The zero-order valence-corrected chi connectivity index (χ0v) is 10.6. The van der Waals surface area contributed by atoms with Crippen LogP contribution in [0, 0.1) is 17.6 Å². The SMILES string of the molecule is C#CCn1c(CC)nc2c[n+]([O-])c3ccccc3c21. The van der Waals surface area contributed by atoms with Gasteiger partial charge in [0.05, 0.1) is 17.4 Å². The molecular formula is C15H13N3O. The van der Waals surface area contributed by atoms with Gasteiger partial charge >= 0.3 is 0 Å². The highest BCUT2D eigenvalue weighted by Gasteiger charge is 2.16. The van der Waals surface area contributed by atoms with Gasteiger partial charge in [-0.3, -0.25) is 0 Å². The van der Waals surface area contributed by atoms with Gasteiger partial charge in [0.1, 0.15) is 5.82 Å². The molecule has 0 N–H and O–H groups in total. The lowest BCUT2D eigenvalue weighted by Crippen LogP contribution is -2.26. The van der Waals surface area contributed by atoms with Gasteiger partial charge in [-0.25, -0.2) is 4.98 Å². The predicted octanol–water partition coefficient (Wildman–Crippen LogP) is 2.02. The summed E-state index contributed by atoms with van der Waals surface area (Å²) in [5.74, 6) is 3.56. The van der Waals surface area contributed by atoms with E-state index in [1.54, 1.807) is 6.07 Å². The molecule has 3 aromatic rings. The van der Waals surface area contributed by atoms with E-state index in [1.807, 2.05) is 29.7 Å². The first-order chi connectivity index (χ1) is 9.26. The predicted molar refractivity (Wildman–Crippen MR) is 74.4 cm³/mol. The van der Waals surface area contributed by atoms with E-state index in [2.05, 4.69) is 10.9 Å². The summed E-state index contributed by atoms with van der Waals surface area (Å²) < 4.78 is 2.88. The molecule has 0 saturated carbocycles. The molecule has 0 atom stereocenters. The van der Waals surface area contributed by atoms with Gasteiger partial charge in [0.2, 0.25) is 11.7 Å². The van der Waals surface area contributed by atoms with Crippen molar-refractivity contribution in [2.45, 2.75) is 19.9 Å². The highest BCUT2D eigenvalue weighted by molar-refractivity contribution is 6.00. The normalized spacial score (nSPS) is 10.9. The Morgan fingerprint density at radius 2 is 2.21 bits per heavy atom. The Morgan fingerprint density at radius 1 is 1.42 bits per heavy atom. The summed E-state index contributed by atoms with van der Waals surface area (Å²) in [5, 5.41) is 12.9. The van der Waals surface area contributed by atoms with Crippen molar-refractivity contribution in [3.63, 3.8) is 0 Å². The maximum absolute atomic E-state index is 12.0. The lowest BCUT2D eigenvalue weighted by Gasteiger charge is -2.06. The monoisotopic (exact) mass is 251 g/mol. The molecule has 2 heterocycles. The van der Waals surface area contributed by atoms with Crippen LogP contribution in [0.15, 0.2) is 30.5 Å². The van der Waals surface area contributed by atoms with Crippen molar-refractivity contribution in [2.75, 3.05) is 0 Å². The molecule has 3 rings (SSSR count). The zero-order chi connectivity index (χ0) is 13.4. The molecule has 19 heavy (non-hydrogen) atoms. The van der Waals surface area contributed by atoms with Gasteiger partial charge in [0, 0.05) is 12.5 Å². The summed E-state index contributed by atoms with van der Waals surface area (Å²) in [5.41, 5.74) is 2.27. The molecule has 2 aromatic heterocycles. The topological polar surface area (TPSA) is 44.8 Å². The Hall–Kier alpha value is -2.54. The van der Waals surface area contributed by atoms with Crippen LogP contribution in [0.2, 0.25) is 0 Å². The summed E-state index contributed by atoms with van der Waals surface area (Å²) in [6, 6.07) is 7.51. The number of fused-ring (bicyclic) bond motifs is 3. The molecule has 94 valence electrons. The Morgan fingerprint density at radius 3 is 2.95 bits per heavy atom. The van der Waals surface area contributed by atoms with Crippen LogP contribution >= 0.6 is 0 Å². The molecule has 0 aliphatic heterocycles. The molecule has 0 saturated heterocycles. The average Bonchev–Trinajstić information content (AvgIpc) is 2.77. The number of pyridine rings is 1. The van der Waals surface area contributed by atoms with Crippen LogP contribution < -0.4 is 4.73 Å².